The first-order valence-electron chi connectivity index (χ1n) is 5.64. The van der Waals surface area contributed by atoms with E-state index in [4.69, 9.17) is 9.47 Å². The first kappa shape index (κ1) is 10.2. The van der Waals surface area contributed by atoms with Crippen molar-refractivity contribution in [1.29, 1.82) is 0 Å². The van der Waals surface area contributed by atoms with Crippen molar-refractivity contribution in [3.05, 3.63) is 34.1 Å². The summed E-state index contributed by atoms with van der Waals surface area (Å²) >= 11 is 0. The molecular formula is C13H13NO3. The minimum Gasteiger partial charge on any atom is -0.454 e. The Bertz CT molecular complexity index is 658. The highest BCUT2D eigenvalue weighted by atomic mass is 16.7. The fourth-order valence-electron chi connectivity index (χ4n) is 2.19. The van der Waals surface area contributed by atoms with Gasteiger partial charge in [-0.15, -0.1) is 0 Å². The summed E-state index contributed by atoms with van der Waals surface area (Å²) in [5, 5.41) is 0.691. The van der Waals surface area contributed by atoms with E-state index >= 15 is 0 Å². The molecule has 4 nitrogen and oxygen atoms in total. The second-order valence-corrected chi connectivity index (χ2v) is 4.15. The minimum absolute atomic E-state index is 0.0583. The number of aromatic nitrogens is 1. The molecule has 0 unspecified atom stereocenters. The van der Waals surface area contributed by atoms with Gasteiger partial charge in [-0.25, -0.2) is 0 Å². The van der Waals surface area contributed by atoms with Gasteiger partial charge in [-0.05, 0) is 19.9 Å². The van der Waals surface area contributed by atoms with Gasteiger partial charge < -0.3 is 14.0 Å². The van der Waals surface area contributed by atoms with Crippen LogP contribution in [0.2, 0.25) is 0 Å². The Hall–Kier alpha value is -1.97. The van der Waals surface area contributed by atoms with Crippen molar-refractivity contribution in [3.63, 3.8) is 0 Å². The van der Waals surface area contributed by atoms with Crippen LogP contribution in [0.25, 0.3) is 10.9 Å². The van der Waals surface area contributed by atoms with E-state index in [2.05, 4.69) is 0 Å². The molecule has 0 saturated carbocycles. The topological polar surface area (TPSA) is 40.5 Å². The smallest absolute Gasteiger partial charge is 0.231 e. The Morgan fingerprint density at radius 3 is 2.71 bits per heavy atom. The molecule has 0 saturated heterocycles. The van der Waals surface area contributed by atoms with Crippen molar-refractivity contribution < 1.29 is 9.47 Å². The average Bonchev–Trinajstić information content (AvgIpc) is 2.79. The fourth-order valence-corrected chi connectivity index (χ4v) is 2.19. The van der Waals surface area contributed by atoms with Gasteiger partial charge in [0, 0.05) is 29.8 Å². The Morgan fingerprint density at radius 1 is 1.29 bits per heavy atom. The fraction of sp³-hybridized carbons (Fsp3) is 0.308. The van der Waals surface area contributed by atoms with Gasteiger partial charge in [-0.1, -0.05) is 0 Å². The molecule has 3 rings (SSSR count). The molecule has 4 heteroatoms. The number of hydrogen-bond donors (Lipinski definition) is 0. The Kier molecular flexibility index (Phi) is 2.11. The first-order chi connectivity index (χ1) is 8.20. The highest BCUT2D eigenvalue weighted by Gasteiger charge is 2.17. The van der Waals surface area contributed by atoms with E-state index in [1.54, 1.807) is 6.07 Å². The highest BCUT2D eigenvalue weighted by Crippen LogP contribution is 2.35. The number of ether oxygens (including phenoxy) is 2. The number of hydrogen-bond acceptors (Lipinski definition) is 3. The molecule has 0 aliphatic carbocycles. The summed E-state index contributed by atoms with van der Waals surface area (Å²) < 4.78 is 12.7. The van der Waals surface area contributed by atoms with E-state index in [1.807, 2.05) is 30.7 Å². The van der Waals surface area contributed by atoms with Crippen LogP contribution in [0.4, 0.5) is 0 Å². The van der Waals surface area contributed by atoms with Crippen molar-refractivity contribution in [3.8, 4) is 11.5 Å². The molecule has 1 aliphatic rings. The molecule has 0 atom stereocenters. The molecule has 2 aromatic rings. The molecule has 0 N–H and O–H groups in total. The number of pyridine rings is 1. The van der Waals surface area contributed by atoms with Crippen LogP contribution < -0.4 is 14.9 Å². The Labute approximate surface area is 98.4 Å². The number of benzene rings is 1. The number of aryl methyl sites for hydroxylation is 2. The third kappa shape index (κ3) is 1.40. The summed E-state index contributed by atoms with van der Waals surface area (Å²) in [5.74, 6) is 1.37. The van der Waals surface area contributed by atoms with E-state index in [0.29, 0.717) is 16.9 Å². The normalized spacial score (nSPS) is 13.3. The van der Waals surface area contributed by atoms with Crippen LogP contribution in [0.1, 0.15) is 12.5 Å². The molecule has 0 amide bonds. The molecule has 88 valence electrons. The van der Waals surface area contributed by atoms with Gasteiger partial charge in [0.05, 0.1) is 5.52 Å². The van der Waals surface area contributed by atoms with Crippen LogP contribution >= 0.6 is 0 Å². The summed E-state index contributed by atoms with van der Waals surface area (Å²) in [6.07, 6.45) is 1.88. The summed E-state index contributed by atoms with van der Waals surface area (Å²) in [7, 11) is 0. The summed E-state index contributed by atoms with van der Waals surface area (Å²) in [4.78, 5) is 12.1. The SMILES string of the molecule is CCn1cc(C)c(=O)c2cc3c(cc21)OCO3. The second kappa shape index (κ2) is 3.52. The minimum atomic E-state index is 0.0583. The lowest BCUT2D eigenvalue weighted by Gasteiger charge is -2.10. The third-order valence-electron chi connectivity index (χ3n) is 3.09. The second-order valence-electron chi connectivity index (χ2n) is 4.15. The van der Waals surface area contributed by atoms with Crippen molar-refractivity contribution in [2.45, 2.75) is 20.4 Å². The number of rotatable bonds is 1. The van der Waals surface area contributed by atoms with Crippen molar-refractivity contribution in [1.82, 2.24) is 4.57 Å². The predicted octanol–water partition coefficient (Wildman–Crippen LogP) is 2.06. The van der Waals surface area contributed by atoms with E-state index in [9.17, 15) is 4.79 Å². The first-order valence-corrected chi connectivity index (χ1v) is 5.64. The number of fused-ring (bicyclic) bond motifs is 2. The zero-order valence-electron chi connectivity index (χ0n) is 9.82. The van der Waals surface area contributed by atoms with Gasteiger partial charge in [0.1, 0.15) is 0 Å². The zero-order valence-corrected chi connectivity index (χ0v) is 9.82. The Morgan fingerprint density at radius 2 is 2.00 bits per heavy atom. The lowest BCUT2D eigenvalue weighted by molar-refractivity contribution is 0.174. The summed E-state index contributed by atoms with van der Waals surface area (Å²) in [5.41, 5.74) is 1.70. The maximum absolute atomic E-state index is 12.1. The molecule has 2 heterocycles. The highest BCUT2D eigenvalue weighted by molar-refractivity contribution is 5.83. The van der Waals surface area contributed by atoms with Crippen LogP contribution in [0.5, 0.6) is 11.5 Å². The van der Waals surface area contributed by atoms with Crippen molar-refractivity contribution in [2.75, 3.05) is 6.79 Å². The van der Waals surface area contributed by atoms with Gasteiger partial charge in [-0.3, -0.25) is 4.79 Å². The lowest BCUT2D eigenvalue weighted by atomic mass is 10.1. The number of nitrogens with zero attached hydrogens (tertiary/aromatic N) is 1. The van der Waals surface area contributed by atoms with Crippen molar-refractivity contribution >= 4 is 10.9 Å². The van der Waals surface area contributed by atoms with E-state index in [-0.39, 0.29) is 12.2 Å². The third-order valence-corrected chi connectivity index (χ3v) is 3.09. The largest absolute Gasteiger partial charge is 0.454 e. The quantitative estimate of drug-likeness (QED) is 0.754. The van der Waals surface area contributed by atoms with Crippen LogP contribution in [0.3, 0.4) is 0 Å². The monoisotopic (exact) mass is 231 g/mol. The summed E-state index contributed by atoms with van der Waals surface area (Å²) in [6, 6.07) is 3.65. The maximum Gasteiger partial charge on any atom is 0.231 e. The molecule has 1 aromatic carbocycles. The van der Waals surface area contributed by atoms with E-state index in [1.165, 1.54) is 0 Å². The molecule has 0 bridgehead atoms. The summed E-state index contributed by atoms with van der Waals surface area (Å²) in [6.45, 7) is 4.93. The van der Waals surface area contributed by atoms with Crippen LogP contribution in [0.15, 0.2) is 23.1 Å². The molecule has 0 fully saturated rings. The van der Waals surface area contributed by atoms with Crippen molar-refractivity contribution in [2.24, 2.45) is 0 Å². The molecule has 1 aliphatic heterocycles. The lowest BCUT2D eigenvalue weighted by Crippen LogP contribution is -2.11. The van der Waals surface area contributed by atoms with E-state index < -0.39 is 0 Å². The standard InChI is InChI=1S/C13H13NO3/c1-3-14-6-8(2)13(15)9-4-11-12(5-10(9)14)17-7-16-11/h4-6H,3,7H2,1-2H3. The maximum atomic E-state index is 12.1. The van der Waals surface area contributed by atoms with Gasteiger partial charge in [-0.2, -0.15) is 0 Å². The molecule has 17 heavy (non-hydrogen) atoms. The van der Waals surface area contributed by atoms with Gasteiger partial charge in [0.2, 0.25) is 6.79 Å². The molecule has 0 radical (unpaired) electrons. The van der Waals surface area contributed by atoms with Gasteiger partial charge >= 0.3 is 0 Å². The van der Waals surface area contributed by atoms with Gasteiger partial charge in [0.25, 0.3) is 0 Å². The molecule has 1 aromatic heterocycles. The van der Waals surface area contributed by atoms with Crippen LogP contribution in [-0.2, 0) is 6.54 Å². The van der Waals surface area contributed by atoms with E-state index in [0.717, 1.165) is 17.6 Å². The zero-order chi connectivity index (χ0) is 12.0. The Balaban J connectivity index is 2.45. The predicted molar refractivity (Wildman–Crippen MR) is 64.7 cm³/mol. The molecular weight excluding hydrogens is 218 g/mol. The average molecular weight is 231 g/mol. The molecule has 0 spiro atoms. The van der Waals surface area contributed by atoms with Crippen LogP contribution in [0, 0.1) is 6.92 Å². The van der Waals surface area contributed by atoms with Gasteiger partial charge in [0.15, 0.2) is 16.9 Å². The van der Waals surface area contributed by atoms with Crippen LogP contribution in [-0.4, -0.2) is 11.4 Å².